The van der Waals surface area contributed by atoms with Crippen LogP contribution < -0.4 is 10.9 Å². The Morgan fingerprint density at radius 1 is 1.39 bits per heavy atom. The van der Waals surface area contributed by atoms with Crippen molar-refractivity contribution < 1.29 is 8.42 Å². The second-order valence-corrected chi connectivity index (χ2v) is 6.59. The van der Waals surface area contributed by atoms with E-state index in [9.17, 15) is 8.42 Å². The summed E-state index contributed by atoms with van der Waals surface area (Å²) in [6, 6.07) is 3.01. The van der Waals surface area contributed by atoms with E-state index in [0.717, 1.165) is 3.57 Å². The van der Waals surface area contributed by atoms with Crippen molar-refractivity contribution in [1.29, 1.82) is 0 Å². The van der Waals surface area contributed by atoms with E-state index in [1.165, 1.54) is 6.07 Å². The Hall–Kier alpha value is -1.13. The minimum absolute atomic E-state index is 0.0167. The Kier molecular flexibility index (Phi) is 3.34. The summed E-state index contributed by atoms with van der Waals surface area (Å²) >= 11 is 2.12. The van der Waals surface area contributed by atoms with Crippen molar-refractivity contribution in [2.24, 2.45) is 5.14 Å². The largest absolute Gasteiger partial charge is 0.399 e. The summed E-state index contributed by atoms with van der Waals surface area (Å²) in [4.78, 5) is 0.0167. The van der Waals surface area contributed by atoms with Gasteiger partial charge in [0.15, 0.2) is 0 Å². The van der Waals surface area contributed by atoms with Crippen LogP contribution in [-0.4, -0.2) is 18.2 Å². The van der Waals surface area contributed by atoms with Crippen LogP contribution >= 0.6 is 22.6 Å². The zero-order valence-corrected chi connectivity index (χ0v) is 12.4. The van der Waals surface area contributed by atoms with Gasteiger partial charge in [0, 0.05) is 11.9 Å². The molecule has 0 amide bonds. The van der Waals surface area contributed by atoms with Gasteiger partial charge in [0.1, 0.15) is 0 Å². The van der Waals surface area contributed by atoms with Crippen LogP contribution in [0.5, 0.6) is 0 Å². The molecule has 0 unspecified atom stereocenters. The average Bonchev–Trinajstić information content (AvgIpc) is 2.66. The van der Waals surface area contributed by atoms with Crippen molar-refractivity contribution in [3.05, 3.63) is 33.7 Å². The van der Waals surface area contributed by atoms with Crippen molar-refractivity contribution in [2.75, 3.05) is 5.73 Å². The molecule has 0 spiro atoms. The van der Waals surface area contributed by atoms with Crippen molar-refractivity contribution >= 4 is 38.3 Å². The lowest BCUT2D eigenvalue weighted by molar-refractivity contribution is 0.597. The maximum Gasteiger partial charge on any atom is 0.238 e. The third-order valence-corrected chi connectivity index (χ3v) is 4.05. The number of primary sulfonamides is 1. The number of rotatable bonds is 2. The second-order valence-electron chi connectivity index (χ2n) is 3.81. The highest BCUT2D eigenvalue weighted by atomic mass is 127. The highest BCUT2D eigenvalue weighted by Gasteiger charge is 2.16. The summed E-state index contributed by atoms with van der Waals surface area (Å²) in [6.07, 6.45) is 3.44. The monoisotopic (exact) mass is 378 g/mol. The third-order valence-electron chi connectivity index (χ3n) is 2.46. The fraction of sp³-hybridized carbons (Fsp3) is 0.100. The molecule has 0 aliphatic carbocycles. The third kappa shape index (κ3) is 2.49. The first-order valence-corrected chi connectivity index (χ1v) is 7.55. The summed E-state index contributed by atoms with van der Waals surface area (Å²) < 4.78 is 25.5. The lowest BCUT2D eigenvalue weighted by atomic mass is 10.2. The van der Waals surface area contributed by atoms with E-state index in [1.807, 2.05) is 0 Å². The summed E-state index contributed by atoms with van der Waals surface area (Å²) in [7, 11) is -3.80. The van der Waals surface area contributed by atoms with Gasteiger partial charge in [0.2, 0.25) is 10.0 Å². The number of hydrogen-bond donors (Lipinski definition) is 2. The average molecular weight is 378 g/mol. The number of aromatic nitrogens is 2. The maximum atomic E-state index is 11.5. The molecule has 6 nitrogen and oxygen atoms in total. The van der Waals surface area contributed by atoms with Gasteiger partial charge in [-0.3, -0.25) is 0 Å². The summed E-state index contributed by atoms with van der Waals surface area (Å²) in [5, 5.41) is 9.29. The number of nitrogens with zero attached hydrogens (tertiary/aromatic N) is 2. The van der Waals surface area contributed by atoms with Crippen molar-refractivity contribution in [2.45, 2.75) is 11.8 Å². The first-order chi connectivity index (χ1) is 8.29. The molecule has 0 saturated heterocycles. The molecule has 1 aromatic carbocycles. The molecule has 8 heteroatoms. The zero-order chi connectivity index (χ0) is 13.5. The van der Waals surface area contributed by atoms with E-state index in [4.69, 9.17) is 10.9 Å². The van der Waals surface area contributed by atoms with Crippen LogP contribution in [0.3, 0.4) is 0 Å². The number of nitrogen functional groups attached to an aromatic ring is 1. The van der Waals surface area contributed by atoms with Crippen LogP contribution in [0.2, 0.25) is 0 Å². The second kappa shape index (κ2) is 4.52. The number of benzene rings is 1. The van der Waals surface area contributed by atoms with Crippen molar-refractivity contribution in [3.63, 3.8) is 0 Å². The van der Waals surface area contributed by atoms with Gasteiger partial charge < -0.3 is 5.73 Å². The van der Waals surface area contributed by atoms with E-state index < -0.39 is 10.0 Å². The lowest BCUT2D eigenvalue weighted by Crippen LogP contribution is -2.15. The topological polar surface area (TPSA) is 104 Å². The molecule has 0 aliphatic rings. The van der Waals surface area contributed by atoms with Crippen LogP contribution in [0, 0.1) is 10.5 Å². The standard InChI is InChI=1S/C10H11IN4O2S/c1-6-9(15-5-7(11)4-14-15)2-8(12)3-10(6)18(13,16)17/h2-5H,12H2,1H3,(H2,13,16,17). The summed E-state index contributed by atoms with van der Waals surface area (Å²) in [5.41, 5.74) is 7.15. The number of sulfonamides is 1. The molecule has 0 bridgehead atoms. The molecular weight excluding hydrogens is 367 g/mol. The van der Waals surface area contributed by atoms with E-state index >= 15 is 0 Å². The molecule has 0 radical (unpaired) electrons. The quantitative estimate of drug-likeness (QED) is 0.601. The molecule has 2 aromatic rings. The van der Waals surface area contributed by atoms with Gasteiger partial charge in [-0.05, 0) is 47.2 Å². The smallest absolute Gasteiger partial charge is 0.238 e. The van der Waals surface area contributed by atoms with Gasteiger partial charge in [-0.15, -0.1) is 0 Å². The molecule has 1 aromatic heterocycles. The fourth-order valence-corrected chi connectivity index (χ4v) is 2.88. The Bertz CT molecular complexity index is 709. The Labute approximate surface area is 118 Å². The van der Waals surface area contributed by atoms with Gasteiger partial charge >= 0.3 is 0 Å². The van der Waals surface area contributed by atoms with Crippen LogP contribution in [0.4, 0.5) is 5.69 Å². The number of hydrogen-bond acceptors (Lipinski definition) is 4. The van der Waals surface area contributed by atoms with E-state index in [0.29, 0.717) is 16.9 Å². The van der Waals surface area contributed by atoms with Crippen molar-refractivity contribution in [1.82, 2.24) is 9.78 Å². The Morgan fingerprint density at radius 2 is 2.06 bits per heavy atom. The van der Waals surface area contributed by atoms with Crippen LogP contribution in [0.15, 0.2) is 29.4 Å². The summed E-state index contributed by atoms with van der Waals surface area (Å²) in [6.45, 7) is 1.67. The molecule has 18 heavy (non-hydrogen) atoms. The normalized spacial score (nSPS) is 11.7. The predicted molar refractivity (Wildman–Crippen MR) is 76.8 cm³/mol. The predicted octanol–water partition coefficient (Wildman–Crippen LogP) is 1.01. The highest BCUT2D eigenvalue weighted by Crippen LogP contribution is 2.25. The first kappa shape index (κ1) is 13.3. The van der Waals surface area contributed by atoms with Gasteiger partial charge in [0.05, 0.1) is 20.3 Å². The van der Waals surface area contributed by atoms with E-state index in [-0.39, 0.29) is 4.90 Å². The minimum Gasteiger partial charge on any atom is -0.399 e. The minimum atomic E-state index is -3.80. The van der Waals surface area contributed by atoms with E-state index in [2.05, 4.69) is 27.7 Å². The number of nitrogens with two attached hydrogens (primary N) is 2. The number of anilines is 1. The SMILES string of the molecule is Cc1c(-n2cc(I)cn2)cc(N)cc1S(N)(=O)=O. The fourth-order valence-electron chi connectivity index (χ4n) is 1.66. The maximum absolute atomic E-state index is 11.5. The molecular formula is C10H11IN4O2S. The van der Waals surface area contributed by atoms with Gasteiger partial charge in [0.25, 0.3) is 0 Å². The van der Waals surface area contributed by atoms with E-state index in [1.54, 1.807) is 30.1 Å². The highest BCUT2D eigenvalue weighted by molar-refractivity contribution is 14.1. The van der Waals surface area contributed by atoms with Crippen molar-refractivity contribution in [3.8, 4) is 5.69 Å². The Morgan fingerprint density at radius 3 is 2.56 bits per heavy atom. The van der Waals surface area contributed by atoms with Crippen LogP contribution in [-0.2, 0) is 10.0 Å². The Balaban J connectivity index is 2.74. The van der Waals surface area contributed by atoms with Gasteiger partial charge in [-0.2, -0.15) is 5.10 Å². The molecule has 0 atom stereocenters. The number of halogens is 1. The van der Waals surface area contributed by atoms with Gasteiger partial charge in [-0.25, -0.2) is 18.2 Å². The molecule has 96 valence electrons. The van der Waals surface area contributed by atoms with Crippen LogP contribution in [0.25, 0.3) is 5.69 Å². The molecule has 4 N–H and O–H groups in total. The zero-order valence-electron chi connectivity index (χ0n) is 9.46. The molecule has 0 fully saturated rings. The summed E-state index contributed by atoms with van der Waals surface area (Å²) in [5.74, 6) is 0. The molecule has 0 saturated carbocycles. The molecule has 2 rings (SSSR count). The molecule has 0 aliphatic heterocycles. The lowest BCUT2D eigenvalue weighted by Gasteiger charge is -2.11. The van der Waals surface area contributed by atoms with Crippen LogP contribution in [0.1, 0.15) is 5.56 Å². The first-order valence-electron chi connectivity index (χ1n) is 4.92. The van der Waals surface area contributed by atoms with Gasteiger partial charge in [-0.1, -0.05) is 0 Å². The molecule has 1 heterocycles.